The first-order valence-corrected chi connectivity index (χ1v) is 9.93. The Morgan fingerprint density at radius 2 is 1.77 bits per heavy atom. The fourth-order valence-electron chi connectivity index (χ4n) is 3.97. The fraction of sp³-hybridized carbons (Fsp3) is 0.526. The van der Waals surface area contributed by atoms with Gasteiger partial charge in [0, 0.05) is 18.7 Å². The molecule has 7 heteroatoms. The Morgan fingerprint density at radius 1 is 1.08 bits per heavy atom. The van der Waals surface area contributed by atoms with E-state index in [2.05, 4.69) is 0 Å². The molecule has 1 aromatic heterocycles. The van der Waals surface area contributed by atoms with Gasteiger partial charge in [0.15, 0.2) is 0 Å². The third-order valence-electron chi connectivity index (χ3n) is 5.40. The second-order valence-electron chi connectivity index (χ2n) is 7.15. The van der Waals surface area contributed by atoms with E-state index in [4.69, 9.17) is 27.9 Å². The molecule has 0 amide bonds. The standard InChI is InChI=1S/C19H21Cl2FN2O2/c20-14-10-15(22)13(9-16(14)26-11-12-5-1-2-6-12)17-18(21)23-7-3-4-8-24(23)19(17)25/h9-10,12H,1-8,11H2. The second kappa shape index (κ2) is 7.28. The van der Waals surface area contributed by atoms with Crippen molar-refractivity contribution >= 4 is 23.2 Å². The van der Waals surface area contributed by atoms with E-state index >= 15 is 0 Å². The topological polar surface area (TPSA) is 36.2 Å². The monoisotopic (exact) mass is 398 g/mol. The van der Waals surface area contributed by atoms with E-state index < -0.39 is 5.82 Å². The zero-order chi connectivity index (χ0) is 18.3. The lowest BCUT2D eigenvalue weighted by molar-refractivity contribution is 0.252. The average molecular weight is 399 g/mol. The molecule has 1 aromatic carbocycles. The fourth-order valence-corrected chi connectivity index (χ4v) is 4.53. The molecule has 1 fully saturated rings. The molecule has 4 nitrogen and oxygen atoms in total. The average Bonchev–Trinajstić information content (AvgIpc) is 3.23. The maximum atomic E-state index is 14.6. The Bertz CT molecular complexity index is 885. The molecule has 1 aliphatic carbocycles. The summed E-state index contributed by atoms with van der Waals surface area (Å²) in [5.74, 6) is 0.348. The second-order valence-corrected chi connectivity index (χ2v) is 7.91. The lowest BCUT2D eigenvalue weighted by Gasteiger charge is -2.17. The summed E-state index contributed by atoms with van der Waals surface area (Å²) in [5.41, 5.74) is 0.0753. The normalized spacial score (nSPS) is 17.5. The molecule has 0 saturated heterocycles. The quantitative estimate of drug-likeness (QED) is 0.715. The first-order chi connectivity index (χ1) is 12.6. The Kier molecular flexibility index (Phi) is 5.02. The van der Waals surface area contributed by atoms with Crippen LogP contribution in [0.3, 0.4) is 0 Å². The summed E-state index contributed by atoms with van der Waals surface area (Å²) >= 11 is 12.6. The van der Waals surface area contributed by atoms with Gasteiger partial charge in [-0.05, 0) is 43.7 Å². The summed E-state index contributed by atoms with van der Waals surface area (Å²) < 4.78 is 23.8. The third kappa shape index (κ3) is 3.16. The lowest BCUT2D eigenvalue weighted by atomic mass is 10.1. The first kappa shape index (κ1) is 17.9. The van der Waals surface area contributed by atoms with Gasteiger partial charge in [0.05, 0.1) is 17.2 Å². The van der Waals surface area contributed by atoms with E-state index in [0.717, 1.165) is 25.7 Å². The molecule has 26 heavy (non-hydrogen) atoms. The number of aromatic nitrogens is 2. The summed E-state index contributed by atoms with van der Waals surface area (Å²) in [6, 6.07) is 2.72. The number of halogens is 3. The lowest BCUT2D eigenvalue weighted by Crippen LogP contribution is -2.27. The maximum Gasteiger partial charge on any atom is 0.276 e. The van der Waals surface area contributed by atoms with Crippen molar-refractivity contribution in [2.45, 2.75) is 51.6 Å². The molecule has 0 radical (unpaired) electrons. The zero-order valence-electron chi connectivity index (χ0n) is 14.4. The van der Waals surface area contributed by atoms with E-state index in [-0.39, 0.29) is 26.9 Å². The molecule has 4 rings (SSSR count). The third-order valence-corrected chi connectivity index (χ3v) is 6.08. The van der Waals surface area contributed by atoms with Crippen LogP contribution in [0, 0.1) is 11.7 Å². The summed E-state index contributed by atoms with van der Waals surface area (Å²) in [5, 5.41) is 0.488. The van der Waals surface area contributed by atoms with E-state index in [0.29, 0.717) is 31.4 Å². The van der Waals surface area contributed by atoms with Crippen molar-refractivity contribution in [3.63, 3.8) is 0 Å². The smallest absolute Gasteiger partial charge is 0.276 e. The van der Waals surface area contributed by atoms with Crippen LogP contribution in [0.4, 0.5) is 4.39 Å². The van der Waals surface area contributed by atoms with Crippen molar-refractivity contribution in [3.8, 4) is 16.9 Å². The molecule has 0 bridgehead atoms. The minimum atomic E-state index is -0.564. The number of rotatable bonds is 4. The Hall–Kier alpha value is -1.46. The number of nitrogens with zero attached hydrogens (tertiary/aromatic N) is 2. The van der Waals surface area contributed by atoms with Gasteiger partial charge in [0.2, 0.25) is 0 Å². The van der Waals surface area contributed by atoms with Gasteiger partial charge < -0.3 is 4.74 Å². The van der Waals surface area contributed by atoms with E-state index in [1.807, 2.05) is 0 Å². The van der Waals surface area contributed by atoms with Gasteiger partial charge >= 0.3 is 0 Å². The van der Waals surface area contributed by atoms with Crippen molar-refractivity contribution < 1.29 is 9.13 Å². The van der Waals surface area contributed by atoms with Gasteiger partial charge in [-0.15, -0.1) is 0 Å². The van der Waals surface area contributed by atoms with Crippen LogP contribution in [-0.2, 0) is 13.1 Å². The summed E-state index contributed by atoms with van der Waals surface area (Å²) in [7, 11) is 0. The number of ether oxygens (including phenoxy) is 1. The van der Waals surface area contributed by atoms with E-state index in [1.165, 1.54) is 25.0 Å². The maximum absolute atomic E-state index is 14.6. The highest BCUT2D eigenvalue weighted by atomic mass is 35.5. The van der Waals surface area contributed by atoms with Crippen LogP contribution in [0.2, 0.25) is 10.2 Å². The van der Waals surface area contributed by atoms with Crippen LogP contribution in [0.25, 0.3) is 11.1 Å². The van der Waals surface area contributed by atoms with Crippen LogP contribution in [0.5, 0.6) is 5.75 Å². The highest BCUT2D eigenvalue weighted by molar-refractivity contribution is 6.33. The highest BCUT2D eigenvalue weighted by Gasteiger charge is 2.25. The number of benzene rings is 1. The van der Waals surface area contributed by atoms with Crippen molar-refractivity contribution in [2.75, 3.05) is 6.61 Å². The molecule has 0 spiro atoms. The summed E-state index contributed by atoms with van der Waals surface area (Å²) in [6.45, 7) is 1.82. The molecule has 2 heterocycles. The van der Waals surface area contributed by atoms with E-state index in [9.17, 15) is 9.18 Å². The van der Waals surface area contributed by atoms with Crippen molar-refractivity contribution in [2.24, 2.45) is 5.92 Å². The van der Waals surface area contributed by atoms with Gasteiger partial charge in [-0.3, -0.25) is 9.48 Å². The van der Waals surface area contributed by atoms with Crippen LogP contribution in [0.15, 0.2) is 16.9 Å². The number of hydrogen-bond acceptors (Lipinski definition) is 2. The summed E-state index contributed by atoms with van der Waals surface area (Å²) in [4.78, 5) is 12.8. The molecule has 1 saturated carbocycles. The predicted octanol–water partition coefficient (Wildman–Crippen LogP) is 5.13. The molecule has 1 aliphatic heterocycles. The minimum Gasteiger partial charge on any atom is -0.492 e. The molecule has 0 atom stereocenters. The number of fused-ring (bicyclic) bond motifs is 1. The van der Waals surface area contributed by atoms with Crippen LogP contribution < -0.4 is 10.3 Å². The molecular formula is C19H21Cl2FN2O2. The largest absolute Gasteiger partial charge is 0.492 e. The minimum absolute atomic E-state index is 0.153. The Labute approximate surface area is 161 Å². The zero-order valence-corrected chi connectivity index (χ0v) is 16.0. The van der Waals surface area contributed by atoms with Crippen LogP contribution in [-0.4, -0.2) is 16.0 Å². The Balaban J connectivity index is 1.71. The van der Waals surface area contributed by atoms with Crippen molar-refractivity contribution in [1.29, 1.82) is 0 Å². The molecule has 2 aromatic rings. The Morgan fingerprint density at radius 3 is 2.46 bits per heavy atom. The van der Waals surface area contributed by atoms with Crippen molar-refractivity contribution in [1.82, 2.24) is 9.36 Å². The predicted molar refractivity (Wildman–Crippen MR) is 101 cm³/mol. The highest BCUT2D eigenvalue weighted by Crippen LogP contribution is 2.36. The summed E-state index contributed by atoms with van der Waals surface area (Å²) in [6.07, 6.45) is 6.60. The number of hydrogen-bond donors (Lipinski definition) is 0. The van der Waals surface area contributed by atoms with Crippen LogP contribution >= 0.6 is 23.2 Å². The van der Waals surface area contributed by atoms with Crippen LogP contribution in [0.1, 0.15) is 38.5 Å². The first-order valence-electron chi connectivity index (χ1n) is 9.17. The van der Waals surface area contributed by atoms with E-state index in [1.54, 1.807) is 9.36 Å². The molecular weight excluding hydrogens is 378 g/mol. The van der Waals surface area contributed by atoms with Crippen molar-refractivity contribution in [3.05, 3.63) is 38.5 Å². The van der Waals surface area contributed by atoms with Gasteiger partial charge in [0.1, 0.15) is 16.7 Å². The molecule has 2 aliphatic rings. The van der Waals surface area contributed by atoms with Gasteiger partial charge in [-0.25, -0.2) is 9.07 Å². The van der Waals surface area contributed by atoms with Gasteiger partial charge in [-0.2, -0.15) is 0 Å². The van der Waals surface area contributed by atoms with Gasteiger partial charge in [-0.1, -0.05) is 36.0 Å². The molecule has 140 valence electrons. The SMILES string of the molecule is O=c1c(-c2cc(OCC3CCCC3)c(Cl)cc2F)c(Cl)n2n1CCCC2. The molecule has 0 N–H and O–H groups in total. The molecule has 0 unspecified atom stereocenters. The van der Waals surface area contributed by atoms with Gasteiger partial charge in [0.25, 0.3) is 5.56 Å².